The van der Waals surface area contributed by atoms with Gasteiger partial charge in [0.05, 0.1) is 6.10 Å². The van der Waals surface area contributed by atoms with Gasteiger partial charge in [-0.05, 0) is 31.6 Å². The highest BCUT2D eigenvalue weighted by Crippen LogP contribution is 2.25. The Morgan fingerprint density at radius 2 is 1.83 bits per heavy atom. The van der Waals surface area contributed by atoms with Crippen LogP contribution in [-0.2, 0) is 14.3 Å². The monoisotopic (exact) mass is 414 g/mol. The topological polar surface area (TPSA) is 148 Å². The van der Waals surface area contributed by atoms with Crippen LogP contribution in [0.3, 0.4) is 0 Å². The average molecular weight is 414 g/mol. The molecule has 2 fully saturated rings. The maximum Gasteiger partial charge on any atom is 0.252 e. The minimum Gasteiger partial charge on any atom is -0.391 e. The fourth-order valence-corrected chi connectivity index (χ4v) is 3.82. The van der Waals surface area contributed by atoms with Gasteiger partial charge in [-0.25, -0.2) is 0 Å². The fraction of sp³-hybridized carbons (Fsp3) is 0.800. The first-order valence-electron chi connectivity index (χ1n) is 10.3. The van der Waals surface area contributed by atoms with Crippen LogP contribution in [0.1, 0.15) is 44.9 Å². The summed E-state index contributed by atoms with van der Waals surface area (Å²) >= 11 is 0. The molecule has 0 aromatic carbocycles. The maximum atomic E-state index is 12.5. The molecule has 0 radical (unpaired) electrons. The van der Waals surface area contributed by atoms with E-state index in [0.717, 1.165) is 25.7 Å². The molecule has 9 heteroatoms. The molecule has 1 aliphatic carbocycles. The molecule has 9 nitrogen and oxygen atoms in total. The van der Waals surface area contributed by atoms with E-state index in [1.807, 2.05) is 6.08 Å². The van der Waals surface area contributed by atoms with Crippen molar-refractivity contribution in [3.63, 3.8) is 0 Å². The molecule has 2 rings (SSSR count). The van der Waals surface area contributed by atoms with E-state index < -0.39 is 48.4 Å². The molecule has 29 heavy (non-hydrogen) atoms. The Morgan fingerprint density at radius 3 is 2.48 bits per heavy atom. The zero-order valence-corrected chi connectivity index (χ0v) is 16.9. The maximum absolute atomic E-state index is 12.5. The third kappa shape index (κ3) is 7.04. The van der Waals surface area contributed by atoms with Gasteiger partial charge in [0, 0.05) is 13.7 Å². The van der Waals surface area contributed by atoms with E-state index in [-0.39, 0.29) is 13.0 Å². The summed E-state index contributed by atoms with van der Waals surface area (Å²) in [5, 5.41) is 45.5. The average Bonchev–Trinajstić information content (AvgIpc) is 2.88. The molecule has 1 saturated heterocycles. The van der Waals surface area contributed by atoms with Crippen LogP contribution in [0.5, 0.6) is 0 Å². The zero-order chi connectivity index (χ0) is 21.4. The van der Waals surface area contributed by atoms with Crippen molar-refractivity contribution in [2.24, 2.45) is 5.92 Å². The lowest BCUT2D eigenvalue weighted by atomic mass is 9.88. The number of nitrogens with one attached hydrogen (secondary N) is 2. The van der Waals surface area contributed by atoms with Crippen LogP contribution in [0.4, 0.5) is 0 Å². The number of β-amino-alcohol motifs (C(OH)–C–C–N with tert-alkyl or cyclic N) is 1. The van der Waals surface area contributed by atoms with Crippen LogP contribution in [0.25, 0.3) is 0 Å². The number of ether oxygens (including phenoxy) is 1. The highest BCUT2D eigenvalue weighted by molar-refractivity contribution is 5.89. The van der Waals surface area contributed by atoms with Gasteiger partial charge < -0.3 is 35.8 Å². The number of allylic oxidation sites excluding steroid dienone is 1. The smallest absolute Gasteiger partial charge is 0.252 e. The summed E-state index contributed by atoms with van der Waals surface area (Å²) in [7, 11) is 1.20. The molecule has 0 bridgehead atoms. The minimum atomic E-state index is -1.69. The van der Waals surface area contributed by atoms with Crippen LogP contribution in [0.2, 0.25) is 0 Å². The van der Waals surface area contributed by atoms with Gasteiger partial charge in [-0.3, -0.25) is 9.59 Å². The summed E-state index contributed by atoms with van der Waals surface area (Å²) in [6, 6.07) is -0.877. The van der Waals surface area contributed by atoms with Crippen LogP contribution in [0.15, 0.2) is 12.2 Å². The molecule has 1 heterocycles. The van der Waals surface area contributed by atoms with Crippen molar-refractivity contribution in [1.29, 1.82) is 0 Å². The number of amides is 2. The van der Waals surface area contributed by atoms with Gasteiger partial charge in [-0.2, -0.15) is 0 Å². The van der Waals surface area contributed by atoms with Crippen molar-refractivity contribution >= 4 is 11.8 Å². The van der Waals surface area contributed by atoms with Gasteiger partial charge in [0.15, 0.2) is 6.10 Å². The first-order valence-corrected chi connectivity index (χ1v) is 10.3. The summed E-state index contributed by atoms with van der Waals surface area (Å²) in [5.41, 5.74) is 0. The Hall–Kier alpha value is -1.52. The lowest BCUT2D eigenvalue weighted by Crippen LogP contribution is -2.55. The second kappa shape index (κ2) is 11.6. The predicted molar refractivity (Wildman–Crippen MR) is 105 cm³/mol. The molecule has 2 aliphatic rings. The molecule has 166 valence electrons. The third-order valence-corrected chi connectivity index (χ3v) is 5.69. The van der Waals surface area contributed by atoms with Crippen LogP contribution in [-0.4, -0.2) is 82.5 Å². The predicted octanol–water partition coefficient (Wildman–Crippen LogP) is -1.02. The number of carbonyl (C=O) groups excluding carboxylic acids is 2. The number of hydrogen-bond acceptors (Lipinski definition) is 7. The van der Waals surface area contributed by atoms with Crippen molar-refractivity contribution in [2.45, 2.75) is 81.5 Å². The molecule has 2 amide bonds. The molecule has 0 aromatic heterocycles. The van der Waals surface area contributed by atoms with Gasteiger partial charge in [0.25, 0.3) is 5.91 Å². The van der Waals surface area contributed by atoms with Crippen molar-refractivity contribution in [1.82, 2.24) is 10.6 Å². The Morgan fingerprint density at radius 1 is 1.14 bits per heavy atom. The van der Waals surface area contributed by atoms with E-state index >= 15 is 0 Å². The molecular formula is C20H34N2O7. The highest BCUT2D eigenvalue weighted by Gasteiger charge is 2.37. The first kappa shape index (κ1) is 23.8. The molecule has 6 N–H and O–H groups in total. The van der Waals surface area contributed by atoms with Crippen LogP contribution >= 0.6 is 0 Å². The Kier molecular flexibility index (Phi) is 9.51. The van der Waals surface area contributed by atoms with Crippen LogP contribution in [0, 0.1) is 5.92 Å². The lowest BCUT2D eigenvalue weighted by molar-refractivity contribution is -0.150. The SMILES string of the molecule is CO[C@@H](C(=O)N[C@H]1CC[C@@H](O)CNC1=O)[C@H](O)[C@@H](O)[C@H](O)C=CC1CCCCC1. The summed E-state index contributed by atoms with van der Waals surface area (Å²) in [4.78, 5) is 24.5. The first-order chi connectivity index (χ1) is 13.8. The summed E-state index contributed by atoms with van der Waals surface area (Å²) < 4.78 is 5.03. The summed E-state index contributed by atoms with van der Waals surface area (Å²) in [5.74, 6) is -0.873. The van der Waals surface area contributed by atoms with Crippen molar-refractivity contribution < 1.29 is 34.8 Å². The molecule has 6 atom stereocenters. The van der Waals surface area contributed by atoms with Gasteiger partial charge in [-0.15, -0.1) is 0 Å². The van der Waals surface area contributed by atoms with E-state index in [1.54, 1.807) is 0 Å². The molecule has 1 aliphatic heterocycles. The minimum absolute atomic E-state index is 0.111. The Labute approximate surface area is 171 Å². The number of rotatable bonds is 8. The second-order valence-corrected chi connectivity index (χ2v) is 7.95. The van der Waals surface area contributed by atoms with Gasteiger partial charge in [0.1, 0.15) is 24.4 Å². The Balaban J connectivity index is 1.92. The van der Waals surface area contributed by atoms with E-state index in [2.05, 4.69) is 10.6 Å². The quantitative estimate of drug-likeness (QED) is 0.278. The largest absolute Gasteiger partial charge is 0.391 e. The number of hydrogen-bond donors (Lipinski definition) is 6. The van der Waals surface area contributed by atoms with Crippen molar-refractivity contribution in [2.75, 3.05) is 13.7 Å². The van der Waals surface area contributed by atoms with E-state index in [1.165, 1.54) is 19.6 Å². The van der Waals surface area contributed by atoms with E-state index in [4.69, 9.17) is 4.74 Å². The third-order valence-electron chi connectivity index (χ3n) is 5.69. The second-order valence-electron chi connectivity index (χ2n) is 7.95. The number of methoxy groups -OCH3 is 1. The standard InChI is InChI=1S/C20H34N2O7/c1-29-18(20(28)22-14-9-8-13(23)11-21-19(14)27)17(26)16(25)15(24)10-7-12-5-3-2-4-6-12/h7,10,12-18,23-26H,2-6,8-9,11H2,1H3,(H,21,27)(H,22,28)/t13-,14+,15-,16+,17-,18-/m1/s1. The summed E-state index contributed by atoms with van der Waals surface area (Å²) in [6.07, 6.45) is 2.58. The fourth-order valence-electron chi connectivity index (χ4n) is 3.82. The number of aliphatic hydroxyl groups excluding tert-OH is 4. The van der Waals surface area contributed by atoms with Crippen molar-refractivity contribution in [3.05, 3.63) is 12.2 Å². The molecule has 0 unspecified atom stereocenters. The van der Waals surface area contributed by atoms with Crippen molar-refractivity contribution in [3.8, 4) is 0 Å². The van der Waals surface area contributed by atoms with Gasteiger partial charge >= 0.3 is 0 Å². The highest BCUT2D eigenvalue weighted by atomic mass is 16.5. The molecular weight excluding hydrogens is 380 g/mol. The number of carbonyl (C=O) groups is 2. The van der Waals surface area contributed by atoms with Crippen LogP contribution < -0.4 is 10.6 Å². The van der Waals surface area contributed by atoms with E-state index in [0.29, 0.717) is 12.3 Å². The molecule has 0 spiro atoms. The lowest BCUT2D eigenvalue weighted by Gasteiger charge is -2.28. The van der Waals surface area contributed by atoms with Gasteiger partial charge in [0.2, 0.25) is 5.91 Å². The zero-order valence-electron chi connectivity index (χ0n) is 16.9. The van der Waals surface area contributed by atoms with Gasteiger partial charge in [-0.1, -0.05) is 31.4 Å². The normalized spacial score (nSPS) is 28.2. The summed E-state index contributed by atoms with van der Waals surface area (Å²) in [6.45, 7) is 0.111. The van der Waals surface area contributed by atoms with E-state index in [9.17, 15) is 30.0 Å². The number of aliphatic hydroxyl groups is 4. The molecule has 0 aromatic rings. The Bertz CT molecular complexity index is 565. The molecule has 1 saturated carbocycles.